The van der Waals surface area contributed by atoms with E-state index in [1.54, 1.807) is 0 Å². The van der Waals surface area contributed by atoms with Crippen LogP contribution in [0.5, 0.6) is 0 Å². The number of nitrogens with one attached hydrogen (secondary N) is 2. The van der Waals surface area contributed by atoms with E-state index in [9.17, 15) is 4.39 Å². The van der Waals surface area contributed by atoms with Crippen molar-refractivity contribution in [3.05, 3.63) is 18.2 Å². The number of halogens is 1. The molecule has 0 amide bonds. The molecule has 0 aromatic carbocycles. The Labute approximate surface area is 105 Å². The summed E-state index contributed by atoms with van der Waals surface area (Å²) in [4.78, 5) is 7.81. The zero-order valence-corrected chi connectivity index (χ0v) is 10.2. The monoisotopic (exact) mass is 252 g/mol. The highest BCUT2D eigenvalue weighted by atomic mass is 19.1. The molecule has 1 aromatic rings. The third-order valence-electron chi connectivity index (χ3n) is 3.60. The highest BCUT2D eigenvalue weighted by Crippen LogP contribution is 2.32. The molecule has 0 bridgehead atoms. The molecule has 18 heavy (non-hydrogen) atoms. The minimum atomic E-state index is -0.420. The van der Waals surface area contributed by atoms with E-state index in [0.717, 1.165) is 32.4 Å². The molecule has 0 aliphatic carbocycles. The highest BCUT2D eigenvalue weighted by molar-refractivity contribution is 5.25. The van der Waals surface area contributed by atoms with E-state index in [-0.39, 0.29) is 11.6 Å². The van der Waals surface area contributed by atoms with Crippen LogP contribution in [0.1, 0.15) is 19.3 Å². The number of hydrogen-bond acceptors (Lipinski definition) is 5. The van der Waals surface area contributed by atoms with Gasteiger partial charge in [0.1, 0.15) is 0 Å². The van der Waals surface area contributed by atoms with Crippen molar-refractivity contribution >= 4 is 5.95 Å². The Morgan fingerprint density at radius 2 is 2.28 bits per heavy atom. The van der Waals surface area contributed by atoms with E-state index < -0.39 is 5.82 Å². The van der Waals surface area contributed by atoms with Gasteiger partial charge >= 0.3 is 0 Å². The number of ether oxygens (including phenoxy) is 1. The Kier molecular flexibility index (Phi) is 3.13. The van der Waals surface area contributed by atoms with Gasteiger partial charge < -0.3 is 15.4 Å². The van der Waals surface area contributed by atoms with Crippen molar-refractivity contribution in [1.82, 2.24) is 15.3 Å². The molecule has 2 saturated heterocycles. The SMILES string of the molecule is Fc1cnc(N[C@H]2CO[C@@]3(CCCNC3)C2)nc1. The molecule has 2 N–H and O–H groups in total. The van der Waals surface area contributed by atoms with E-state index >= 15 is 0 Å². The molecule has 1 aromatic heterocycles. The molecule has 3 rings (SSSR count). The van der Waals surface area contributed by atoms with Crippen molar-refractivity contribution in [3.8, 4) is 0 Å². The predicted molar refractivity (Wildman–Crippen MR) is 64.8 cm³/mol. The van der Waals surface area contributed by atoms with Gasteiger partial charge in [-0.05, 0) is 19.4 Å². The lowest BCUT2D eigenvalue weighted by Gasteiger charge is -2.32. The molecule has 2 aliphatic rings. The number of piperidine rings is 1. The van der Waals surface area contributed by atoms with E-state index in [0.29, 0.717) is 12.6 Å². The number of nitrogens with zero attached hydrogens (tertiary/aromatic N) is 2. The second-order valence-corrected chi connectivity index (χ2v) is 5.04. The quantitative estimate of drug-likeness (QED) is 0.820. The molecule has 0 unspecified atom stereocenters. The third-order valence-corrected chi connectivity index (χ3v) is 3.60. The summed E-state index contributed by atoms with van der Waals surface area (Å²) in [5, 5.41) is 6.57. The summed E-state index contributed by atoms with van der Waals surface area (Å²) in [6, 6.07) is 0.204. The fourth-order valence-corrected chi connectivity index (χ4v) is 2.74. The van der Waals surface area contributed by atoms with Crippen LogP contribution in [0.4, 0.5) is 10.3 Å². The van der Waals surface area contributed by atoms with Gasteiger partial charge in [-0.25, -0.2) is 14.4 Å². The number of rotatable bonds is 2. The van der Waals surface area contributed by atoms with Crippen LogP contribution >= 0.6 is 0 Å². The normalized spacial score (nSPS) is 31.7. The summed E-state index contributed by atoms with van der Waals surface area (Å²) in [6.45, 7) is 2.64. The first kappa shape index (κ1) is 11.8. The van der Waals surface area contributed by atoms with Crippen LogP contribution in [0.25, 0.3) is 0 Å². The van der Waals surface area contributed by atoms with Gasteiger partial charge in [-0.2, -0.15) is 0 Å². The lowest BCUT2D eigenvalue weighted by molar-refractivity contribution is -0.0138. The van der Waals surface area contributed by atoms with Crippen LogP contribution in [0.2, 0.25) is 0 Å². The first-order valence-corrected chi connectivity index (χ1v) is 6.35. The lowest BCUT2D eigenvalue weighted by atomic mass is 9.90. The Morgan fingerprint density at radius 3 is 3.00 bits per heavy atom. The zero-order chi connectivity index (χ0) is 12.4. The smallest absolute Gasteiger partial charge is 0.223 e. The topological polar surface area (TPSA) is 59.1 Å². The average Bonchev–Trinajstić information content (AvgIpc) is 2.76. The molecule has 0 saturated carbocycles. The number of anilines is 1. The molecular weight excluding hydrogens is 235 g/mol. The summed E-state index contributed by atoms with van der Waals surface area (Å²) in [5.74, 6) is 0.0435. The van der Waals surface area contributed by atoms with Gasteiger partial charge in [0.15, 0.2) is 5.82 Å². The highest BCUT2D eigenvalue weighted by Gasteiger charge is 2.41. The van der Waals surface area contributed by atoms with Gasteiger partial charge in [-0.15, -0.1) is 0 Å². The van der Waals surface area contributed by atoms with E-state index in [1.807, 2.05) is 0 Å². The maximum atomic E-state index is 12.7. The molecule has 5 nitrogen and oxygen atoms in total. The van der Waals surface area contributed by atoms with Crippen molar-refractivity contribution < 1.29 is 9.13 Å². The maximum absolute atomic E-state index is 12.7. The van der Waals surface area contributed by atoms with Crippen molar-refractivity contribution in [2.45, 2.75) is 30.9 Å². The summed E-state index contributed by atoms with van der Waals surface area (Å²) >= 11 is 0. The average molecular weight is 252 g/mol. The molecular formula is C12H17FN4O. The lowest BCUT2D eigenvalue weighted by Crippen LogP contribution is -2.45. The fourth-order valence-electron chi connectivity index (χ4n) is 2.74. The first-order chi connectivity index (χ1) is 8.76. The number of hydrogen-bond donors (Lipinski definition) is 2. The standard InChI is InChI=1S/C12H17FN4O/c13-9-5-15-11(16-6-9)17-10-4-12(18-7-10)2-1-3-14-8-12/h5-6,10,14H,1-4,7-8H2,(H,15,16,17)/t10-,12+/m1/s1. The Hall–Kier alpha value is -1.27. The second kappa shape index (κ2) is 4.78. The van der Waals surface area contributed by atoms with Crippen molar-refractivity contribution in [2.24, 2.45) is 0 Å². The van der Waals surface area contributed by atoms with Crippen LogP contribution in [-0.4, -0.2) is 41.3 Å². The Morgan fingerprint density at radius 1 is 1.44 bits per heavy atom. The summed E-state index contributed by atoms with van der Waals surface area (Å²) < 4.78 is 18.6. The van der Waals surface area contributed by atoms with E-state index in [1.165, 1.54) is 12.4 Å². The van der Waals surface area contributed by atoms with Crippen LogP contribution in [-0.2, 0) is 4.74 Å². The van der Waals surface area contributed by atoms with Gasteiger partial charge in [0.2, 0.25) is 5.95 Å². The Balaban J connectivity index is 1.60. The second-order valence-electron chi connectivity index (χ2n) is 5.04. The van der Waals surface area contributed by atoms with Gasteiger partial charge in [-0.1, -0.05) is 0 Å². The Bertz CT molecular complexity index is 405. The zero-order valence-electron chi connectivity index (χ0n) is 10.2. The van der Waals surface area contributed by atoms with Crippen LogP contribution in [0.15, 0.2) is 12.4 Å². The van der Waals surface area contributed by atoms with Crippen LogP contribution in [0, 0.1) is 5.82 Å². The molecule has 6 heteroatoms. The molecule has 2 atom stereocenters. The van der Waals surface area contributed by atoms with Gasteiger partial charge in [0.05, 0.1) is 30.6 Å². The van der Waals surface area contributed by atoms with Gasteiger partial charge in [-0.3, -0.25) is 0 Å². The fraction of sp³-hybridized carbons (Fsp3) is 0.667. The predicted octanol–water partition coefficient (Wildman–Crippen LogP) is 0.939. The van der Waals surface area contributed by atoms with Gasteiger partial charge in [0.25, 0.3) is 0 Å². The van der Waals surface area contributed by atoms with Gasteiger partial charge in [0, 0.05) is 13.0 Å². The van der Waals surface area contributed by atoms with Crippen molar-refractivity contribution in [2.75, 3.05) is 25.0 Å². The molecule has 2 fully saturated rings. The third kappa shape index (κ3) is 2.44. The molecule has 2 aliphatic heterocycles. The summed E-state index contributed by atoms with van der Waals surface area (Å²) in [7, 11) is 0. The molecule has 0 radical (unpaired) electrons. The van der Waals surface area contributed by atoms with Crippen molar-refractivity contribution in [3.63, 3.8) is 0 Å². The summed E-state index contributed by atoms with van der Waals surface area (Å²) in [5.41, 5.74) is -0.0318. The van der Waals surface area contributed by atoms with Crippen LogP contribution < -0.4 is 10.6 Å². The van der Waals surface area contributed by atoms with E-state index in [2.05, 4.69) is 20.6 Å². The summed E-state index contributed by atoms with van der Waals surface area (Å²) in [6.07, 6.45) is 5.54. The molecule has 3 heterocycles. The molecule has 1 spiro atoms. The van der Waals surface area contributed by atoms with Crippen LogP contribution in [0.3, 0.4) is 0 Å². The maximum Gasteiger partial charge on any atom is 0.223 e. The number of aromatic nitrogens is 2. The molecule has 98 valence electrons. The first-order valence-electron chi connectivity index (χ1n) is 6.35. The van der Waals surface area contributed by atoms with Crippen molar-refractivity contribution in [1.29, 1.82) is 0 Å². The largest absolute Gasteiger partial charge is 0.371 e. The minimum Gasteiger partial charge on any atom is -0.371 e. The van der Waals surface area contributed by atoms with E-state index in [4.69, 9.17) is 4.74 Å². The minimum absolute atomic E-state index is 0.0318.